The molecule has 0 fully saturated rings. The molecule has 0 bridgehead atoms. The smallest absolute Gasteiger partial charge is 0.264 e. The number of nitrogens with zero attached hydrogens (tertiary/aromatic N) is 1. The third-order valence-corrected chi connectivity index (χ3v) is 6.05. The van der Waals surface area contributed by atoms with E-state index in [0.717, 1.165) is 11.3 Å². The molecule has 1 heterocycles. The molecule has 3 aromatic rings. The quantitative estimate of drug-likeness (QED) is 0.516. The summed E-state index contributed by atoms with van der Waals surface area (Å²) in [5, 5.41) is 6.51. The van der Waals surface area contributed by atoms with Crippen molar-refractivity contribution in [2.24, 2.45) is 0 Å². The molecule has 0 saturated heterocycles. The highest BCUT2D eigenvalue weighted by atomic mass is 32.2. The normalized spacial score (nSPS) is 11.2. The minimum absolute atomic E-state index is 0.0494. The van der Waals surface area contributed by atoms with Gasteiger partial charge < -0.3 is 14.6 Å². The van der Waals surface area contributed by atoms with Gasteiger partial charge >= 0.3 is 0 Å². The summed E-state index contributed by atoms with van der Waals surface area (Å²) in [6, 6.07) is 13.6. The molecule has 0 spiro atoms. The van der Waals surface area contributed by atoms with Crippen LogP contribution in [0.1, 0.15) is 30.2 Å². The predicted molar refractivity (Wildman–Crippen MR) is 118 cm³/mol. The van der Waals surface area contributed by atoms with Crippen LogP contribution in [0.5, 0.6) is 5.75 Å². The van der Waals surface area contributed by atoms with Crippen LogP contribution in [0.2, 0.25) is 0 Å². The number of aryl methyl sites for hydroxylation is 2. The number of ether oxygens (including phenoxy) is 1. The molecule has 0 atom stereocenters. The number of hydrogen-bond donors (Lipinski definition) is 2. The Kier molecular flexibility index (Phi) is 6.96. The standard InChI is InChI=1S/C22H25N3O5S/c1-4-29-19-10-5-17(6-11-19)7-14-21(26)23-18-8-12-20(13-9-18)31(27,28)25-22-15(2)16(3)24-30-22/h5-6,8-13,25H,4,7,14H2,1-3H3,(H,23,26). The number of benzene rings is 2. The van der Waals surface area contributed by atoms with E-state index in [2.05, 4.69) is 15.2 Å². The minimum atomic E-state index is -3.83. The van der Waals surface area contributed by atoms with E-state index in [1.807, 2.05) is 31.2 Å². The Morgan fingerprint density at radius 2 is 1.74 bits per heavy atom. The van der Waals surface area contributed by atoms with Gasteiger partial charge in [-0.05, 0) is 69.2 Å². The van der Waals surface area contributed by atoms with Gasteiger partial charge in [0.1, 0.15) is 5.75 Å². The average Bonchev–Trinajstić information content (AvgIpc) is 3.05. The Balaban J connectivity index is 1.55. The number of carbonyl (C=O) groups excluding carboxylic acids is 1. The lowest BCUT2D eigenvalue weighted by atomic mass is 10.1. The van der Waals surface area contributed by atoms with E-state index in [0.29, 0.717) is 36.4 Å². The molecular weight excluding hydrogens is 418 g/mol. The van der Waals surface area contributed by atoms with Crippen molar-refractivity contribution in [3.63, 3.8) is 0 Å². The fraction of sp³-hybridized carbons (Fsp3) is 0.273. The molecule has 3 rings (SSSR count). The highest BCUT2D eigenvalue weighted by Gasteiger charge is 2.19. The van der Waals surface area contributed by atoms with Gasteiger partial charge in [-0.15, -0.1) is 0 Å². The third kappa shape index (κ3) is 5.85. The van der Waals surface area contributed by atoms with Gasteiger partial charge in [0.15, 0.2) is 0 Å². The van der Waals surface area contributed by atoms with Crippen molar-refractivity contribution in [2.45, 2.75) is 38.5 Å². The van der Waals surface area contributed by atoms with Gasteiger partial charge in [-0.25, -0.2) is 13.1 Å². The first-order valence-electron chi connectivity index (χ1n) is 9.86. The van der Waals surface area contributed by atoms with E-state index in [1.54, 1.807) is 26.0 Å². The van der Waals surface area contributed by atoms with Crippen LogP contribution in [0.4, 0.5) is 11.6 Å². The van der Waals surface area contributed by atoms with Crippen LogP contribution in [0.25, 0.3) is 0 Å². The summed E-state index contributed by atoms with van der Waals surface area (Å²) in [7, 11) is -3.83. The number of rotatable bonds is 9. The summed E-state index contributed by atoms with van der Waals surface area (Å²) in [5.74, 6) is 0.730. The van der Waals surface area contributed by atoms with Gasteiger partial charge in [-0.3, -0.25) is 4.79 Å². The first-order valence-corrected chi connectivity index (χ1v) is 11.3. The van der Waals surface area contributed by atoms with Crippen LogP contribution >= 0.6 is 0 Å². The van der Waals surface area contributed by atoms with E-state index in [9.17, 15) is 13.2 Å². The number of sulfonamides is 1. The Labute approximate surface area is 181 Å². The highest BCUT2D eigenvalue weighted by molar-refractivity contribution is 7.92. The first-order chi connectivity index (χ1) is 14.8. The second-order valence-corrected chi connectivity index (χ2v) is 8.66. The first kappa shape index (κ1) is 22.4. The maximum atomic E-state index is 12.5. The molecule has 0 unspecified atom stereocenters. The van der Waals surface area contributed by atoms with Crippen molar-refractivity contribution in [3.05, 3.63) is 65.4 Å². The summed E-state index contributed by atoms with van der Waals surface area (Å²) in [4.78, 5) is 12.3. The topological polar surface area (TPSA) is 111 Å². The molecule has 164 valence electrons. The van der Waals surface area contributed by atoms with Crippen LogP contribution in [-0.4, -0.2) is 26.1 Å². The summed E-state index contributed by atoms with van der Waals surface area (Å²) < 4.78 is 37.8. The van der Waals surface area contributed by atoms with E-state index >= 15 is 0 Å². The lowest BCUT2D eigenvalue weighted by Crippen LogP contribution is -2.14. The molecule has 8 nitrogen and oxygen atoms in total. The molecule has 31 heavy (non-hydrogen) atoms. The Morgan fingerprint density at radius 3 is 2.32 bits per heavy atom. The van der Waals surface area contributed by atoms with E-state index in [4.69, 9.17) is 9.26 Å². The van der Waals surface area contributed by atoms with Crippen LogP contribution in [-0.2, 0) is 21.2 Å². The predicted octanol–water partition coefficient (Wildman–Crippen LogP) is 4.06. The zero-order chi connectivity index (χ0) is 22.4. The van der Waals surface area contributed by atoms with Gasteiger partial charge in [-0.1, -0.05) is 17.3 Å². The zero-order valence-electron chi connectivity index (χ0n) is 17.6. The lowest BCUT2D eigenvalue weighted by Gasteiger charge is -2.09. The lowest BCUT2D eigenvalue weighted by molar-refractivity contribution is -0.116. The molecule has 1 aromatic heterocycles. The fourth-order valence-corrected chi connectivity index (χ4v) is 3.86. The summed E-state index contributed by atoms with van der Waals surface area (Å²) >= 11 is 0. The van der Waals surface area contributed by atoms with Crippen molar-refractivity contribution >= 4 is 27.5 Å². The zero-order valence-corrected chi connectivity index (χ0v) is 18.5. The number of amides is 1. The Bertz CT molecular complexity index is 1140. The average molecular weight is 444 g/mol. The third-order valence-electron chi connectivity index (χ3n) is 4.71. The van der Waals surface area contributed by atoms with Crippen LogP contribution in [0.15, 0.2) is 57.9 Å². The molecule has 9 heteroatoms. The molecule has 0 radical (unpaired) electrons. The van der Waals surface area contributed by atoms with Crippen LogP contribution < -0.4 is 14.8 Å². The molecule has 2 N–H and O–H groups in total. The van der Waals surface area contributed by atoms with Gasteiger partial charge in [-0.2, -0.15) is 0 Å². The van der Waals surface area contributed by atoms with Gasteiger partial charge in [0.05, 0.1) is 17.2 Å². The van der Waals surface area contributed by atoms with Crippen LogP contribution in [0.3, 0.4) is 0 Å². The molecule has 2 aromatic carbocycles. The second kappa shape index (κ2) is 9.65. The highest BCUT2D eigenvalue weighted by Crippen LogP contribution is 2.22. The molecule has 0 aliphatic heterocycles. The number of aromatic nitrogens is 1. The summed E-state index contributed by atoms with van der Waals surface area (Å²) in [6.45, 7) is 5.98. The Hall–Kier alpha value is -3.33. The van der Waals surface area contributed by atoms with E-state index in [1.165, 1.54) is 12.1 Å². The molecule has 0 saturated carbocycles. The second-order valence-electron chi connectivity index (χ2n) is 6.98. The minimum Gasteiger partial charge on any atom is -0.494 e. The van der Waals surface area contributed by atoms with Crippen molar-refractivity contribution in [1.82, 2.24) is 5.16 Å². The molecular formula is C22H25N3O5S. The van der Waals surface area contributed by atoms with Crippen molar-refractivity contribution in [2.75, 3.05) is 16.6 Å². The van der Waals surface area contributed by atoms with Gasteiger partial charge in [0, 0.05) is 17.7 Å². The van der Waals surface area contributed by atoms with Crippen LogP contribution in [0, 0.1) is 13.8 Å². The largest absolute Gasteiger partial charge is 0.494 e. The maximum absolute atomic E-state index is 12.5. The molecule has 0 aliphatic rings. The summed E-state index contributed by atoms with van der Waals surface area (Å²) in [6.07, 6.45) is 0.893. The summed E-state index contributed by atoms with van der Waals surface area (Å²) in [5.41, 5.74) is 2.78. The molecule has 0 aliphatic carbocycles. The van der Waals surface area contributed by atoms with E-state index in [-0.39, 0.29) is 16.7 Å². The fourth-order valence-electron chi connectivity index (χ4n) is 2.81. The van der Waals surface area contributed by atoms with Gasteiger partial charge in [0.2, 0.25) is 11.8 Å². The number of nitrogens with one attached hydrogen (secondary N) is 2. The van der Waals surface area contributed by atoms with Crippen molar-refractivity contribution < 1.29 is 22.5 Å². The van der Waals surface area contributed by atoms with Crippen molar-refractivity contribution in [1.29, 1.82) is 0 Å². The number of anilines is 2. The molecule has 1 amide bonds. The Morgan fingerprint density at radius 1 is 1.06 bits per heavy atom. The SMILES string of the molecule is CCOc1ccc(CCC(=O)Nc2ccc(S(=O)(=O)Nc3onc(C)c3C)cc2)cc1. The number of hydrogen-bond acceptors (Lipinski definition) is 6. The van der Waals surface area contributed by atoms with Gasteiger partial charge in [0.25, 0.3) is 10.0 Å². The monoisotopic (exact) mass is 443 g/mol. The van der Waals surface area contributed by atoms with Crippen molar-refractivity contribution in [3.8, 4) is 5.75 Å². The van der Waals surface area contributed by atoms with E-state index < -0.39 is 10.0 Å². The maximum Gasteiger partial charge on any atom is 0.264 e. The number of carbonyl (C=O) groups is 1.